The minimum absolute atomic E-state index is 0.106. The summed E-state index contributed by atoms with van der Waals surface area (Å²) >= 11 is 1.98. The van der Waals surface area contributed by atoms with Crippen molar-refractivity contribution < 1.29 is 37.1 Å². The first-order valence-electron chi connectivity index (χ1n) is 13.2. The van der Waals surface area contributed by atoms with Crippen molar-refractivity contribution in [2.24, 2.45) is 17.3 Å². The van der Waals surface area contributed by atoms with Crippen LogP contribution in [0.5, 0.6) is 11.5 Å². The van der Waals surface area contributed by atoms with Crippen LogP contribution in [0, 0.1) is 34.7 Å². The maximum atomic E-state index is 13.8. The molecule has 0 radical (unpaired) electrons. The van der Waals surface area contributed by atoms with E-state index in [2.05, 4.69) is 0 Å². The van der Waals surface area contributed by atoms with E-state index in [4.69, 9.17) is 9.47 Å². The highest BCUT2D eigenvalue weighted by Crippen LogP contribution is 2.63. The normalized spacial score (nSPS) is 27.6. The lowest BCUT2D eigenvalue weighted by atomic mass is 9.48. The number of aryl methyl sites for hydroxylation is 2. The number of halogens is 1. The summed E-state index contributed by atoms with van der Waals surface area (Å²) in [5, 5.41) is 10.5. The second-order valence-corrected chi connectivity index (χ2v) is 14.6. The van der Waals surface area contributed by atoms with Gasteiger partial charge in [-0.25, -0.2) is 13.2 Å². The molecule has 2 aromatic carbocycles. The van der Waals surface area contributed by atoms with Crippen molar-refractivity contribution in [2.45, 2.75) is 82.6 Å². The standard InChI is InChI=1S/C29H33IO8S/c1-15(2)20-9-23(17(4)7-24(20)39(34,35)36)37-27(33)28-10-18-8-19(11-28)13-29(12-18,14-28)38-26(32)21-5-16(3)6-22(30)25(21)31/h5-7,9,15,18-19,31H,8,10-14H2,1-4H3,(H,34,35,36)/p-1. The molecule has 4 fully saturated rings. The van der Waals surface area contributed by atoms with E-state index in [0.717, 1.165) is 12.0 Å². The number of aromatic hydroxyl groups is 1. The molecule has 210 valence electrons. The van der Waals surface area contributed by atoms with Gasteiger partial charge >= 0.3 is 11.9 Å². The van der Waals surface area contributed by atoms with Gasteiger partial charge < -0.3 is 19.1 Å². The van der Waals surface area contributed by atoms with E-state index in [1.165, 1.54) is 12.1 Å². The molecule has 2 aromatic rings. The summed E-state index contributed by atoms with van der Waals surface area (Å²) in [5.74, 6) is -0.740. The minimum atomic E-state index is -4.69. The SMILES string of the molecule is Cc1cc(I)c(O)c(C(=O)OC23CC4CC(C2)CC(C(=O)Oc2cc(C(C)C)c(S(=O)(=O)[O-])cc2C)(C4)C3)c1. The maximum Gasteiger partial charge on any atom is 0.342 e. The molecular weight excluding hydrogens is 635 g/mol. The predicted octanol–water partition coefficient (Wildman–Crippen LogP) is 5.74. The number of rotatable bonds is 6. The summed E-state index contributed by atoms with van der Waals surface area (Å²) in [7, 11) is -4.69. The Balaban J connectivity index is 1.44. The van der Waals surface area contributed by atoms with Crippen LogP contribution < -0.4 is 4.74 Å². The molecule has 2 atom stereocenters. The highest BCUT2D eigenvalue weighted by atomic mass is 127. The van der Waals surface area contributed by atoms with Gasteiger partial charge in [-0.1, -0.05) is 13.8 Å². The van der Waals surface area contributed by atoms with Crippen LogP contribution in [0.3, 0.4) is 0 Å². The third-order valence-corrected chi connectivity index (χ3v) is 10.3. The van der Waals surface area contributed by atoms with Crippen LogP contribution >= 0.6 is 22.6 Å². The lowest BCUT2D eigenvalue weighted by Gasteiger charge is -2.59. The Morgan fingerprint density at radius 3 is 2.31 bits per heavy atom. The van der Waals surface area contributed by atoms with Crippen molar-refractivity contribution in [3.63, 3.8) is 0 Å². The van der Waals surface area contributed by atoms with Gasteiger partial charge in [0.1, 0.15) is 32.8 Å². The molecule has 2 unspecified atom stereocenters. The summed E-state index contributed by atoms with van der Waals surface area (Å²) in [6.07, 6.45) is 3.91. The first-order valence-corrected chi connectivity index (χ1v) is 15.7. The molecule has 0 heterocycles. The van der Waals surface area contributed by atoms with E-state index in [9.17, 15) is 27.7 Å². The number of phenolic OH excluding ortho intramolecular Hbond substituents is 1. The van der Waals surface area contributed by atoms with Gasteiger partial charge in [0.25, 0.3) is 0 Å². The van der Waals surface area contributed by atoms with E-state index in [1.807, 2.05) is 29.5 Å². The van der Waals surface area contributed by atoms with Crippen molar-refractivity contribution in [1.29, 1.82) is 0 Å². The Morgan fingerprint density at radius 1 is 1.08 bits per heavy atom. The van der Waals surface area contributed by atoms with Gasteiger partial charge in [0.05, 0.1) is 13.9 Å². The zero-order valence-electron chi connectivity index (χ0n) is 22.4. The third kappa shape index (κ3) is 5.19. The number of benzene rings is 2. The van der Waals surface area contributed by atoms with E-state index in [-0.39, 0.29) is 39.7 Å². The molecule has 4 aliphatic carbocycles. The topological polar surface area (TPSA) is 130 Å². The molecule has 0 aliphatic heterocycles. The lowest BCUT2D eigenvalue weighted by Crippen LogP contribution is -2.60. The Bertz CT molecular complexity index is 1460. The van der Waals surface area contributed by atoms with Crippen molar-refractivity contribution in [3.05, 3.63) is 50.1 Å². The molecule has 4 bridgehead atoms. The Kier molecular flexibility index (Phi) is 7.07. The van der Waals surface area contributed by atoms with Crippen LogP contribution in [0.25, 0.3) is 0 Å². The zero-order chi connectivity index (χ0) is 28.5. The van der Waals surface area contributed by atoms with E-state index < -0.39 is 33.1 Å². The number of esters is 2. The van der Waals surface area contributed by atoms with Gasteiger partial charge in [-0.15, -0.1) is 0 Å². The molecule has 4 aliphatic rings. The number of carbonyl (C=O) groups is 2. The second kappa shape index (κ2) is 9.73. The van der Waals surface area contributed by atoms with Crippen LogP contribution in [0.1, 0.15) is 85.3 Å². The van der Waals surface area contributed by atoms with Gasteiger partial charge in [0.2, 0.25) is 0 Å². The van der Waals surface area contributed by atoms with Crippen LogP contribution in [0.4, 0.5) is 0 Å². The summed E-state index contributed by atoms with van der Waals surface area (Å²) in [6.45, 7) is 7.00. The van der Waals surface area contributed by atoms with Gasteiger partial charge in [0, 0.05) is 6.42 Å². The van der Waals surface area contributed by atoms with Crippen LogP contribution in [0.2, 0.25) is 0 Å². The van der Waals surface area contributed by atoms with Crippen molar-refractivity contribution in [1.82, 2.24) is 0 Å². The zero-order valence-corrected chi connectivity index (χ0v) is 25.3. The fourth-order valence-corrected chi connectivity index (χ4v) is 9.03. The predicted molar refractivity (Wildman–Crippen MR) is 150 cm³/mol. The monoisotopic (exact) mass is 667 g/mol. The number of hydrogen-bond donors (Lipinski definition) is 1. The number of hydrogen-bond acceptors (Lipinski definition) is 8. The van der Waals surface area contributed by atoms with Crippen LogP contribution in [-0.2, 0) is 19.6 Å². The molecule has 1 N–H and O–H groups in total. The molecule has 6 rings (SSSR count). The molecule has 10 heteroatoms. The summed E-state index contributed by atoms with van der Waals surface area (Å²) in [5.41, 5.74) is -0.000135. The van der Waals surface area contributed by atoms with E-state index >= 15 is 0 Å². The van der Waals surface area contributed by atoms with Crippen LogP contribution in [0.15, 0.2) is 29.2 Å². The van der Waals surface area contributed by atoms with E-state index in [0.29, 0.717) is 46.8 Å². The third-order valence-electron chi connectivity index (χ3n) is 8.58. The minimum Gasteiger partial charge on any atom is -0.744 e. The van der Waals surface area contributed by atoms with Gasteiger partial charge in [-0.3, -0.25) is 4.79 Å². The van der Waals surface area contributed by atoms with Crippen molar-refractivity contribution in [2.75, 3.05) is 0 Å². The molecule has 0 saturated heterocycles. The van der Waals surface area contributed by atoms with Crippen LogP contribution in [-0.4, -0.2) is 35.6 Å². The number of carbonyl (C=O) groups excluding carboxylic acids is 2. The highest BCUT2D eigenvalue weighted by molar-refractivity contribution is 14.1. The Hall–Kier alpha value is -2.18. The summed E-state index contributed by atoms with van der Waals surface area (Å²) < 4.78 is 48.2. The molecule has 0 amide bonds. The Morgan fingerprint density at radius 2 is 1.72 bits per heavy atom. The molecule has 8 nitrogen and oxygen atoms in total. The summed E-state index contributed by atoms with van der Waals surface area (Å²) in [4.78, 5) is 26.8. The average molecular weight is 668 g/mol. The number of ether oxygens (including phenoxy) is 2. The van der Waals surface area contributed by atoms with Crippen molar-refractivity contribution >= 4 is 44.6 Å². The summed E-state index contributed by atoms with van der Waals surface area (Å²) in [6, 6.07) is 6.17. The molecule has 39 heavy (non-hydrogen) atoms. The van der Waals surface area contributed by atoms with Gasteiger partial charge in [-0.2, -0.15) is 0 Å². The fourth-order valence-electron chi connectivity index (χ4n) is 7.34. The fraction of sp³-hybridized carbons (Fsp3) is 0.517. The van der Waals surface area contributed by atoms with Gasteiger partial charge in [-0.05, 0) is 127 Å². The molecule has 4 saturated carbocycles. The second-order valence-electron chi connectivity index (χ2n) is 12.1. The van der Waals surface area contributed by atoms with E-state index in [1.54, 1.807) is 32.9 Å². The van der Waals surface area contributed by atoms with Crippen molar-refractivity contribution in [3.8, 4) is 11.5 Å². The molecule has 0 spiro atoms. The lowest BCUT2D eigenvalue weighted by molar-refractivity contribution is -0.189. The largest absolute Gasteiger partial charge is 0.744 e. The quantitative estimate of drug-likeness (QED) is 0.179. The smallest absolute Gasteiger partial charge is 0.342 e. The Labute approximate surface area is 242 Å². The maximum absolute atomic E-state index is 13.8. The first kappa shape index (κ1) is 28.4. The number of phenols is 1. The van der Waals surface area contributed by atoms with Gasteiger partial charge in [0.15, 0.2) is 0 Å². The first-order chi connectivity index (χ1) is 18.1. The average Bonchev–Trinajstić information content (AvgIpc) is 2.80. The molecule has 0 aromatic heterocycles. The highest BCUT2D eigenvalue weighted by Gasteiger charge is 2.63. The molecular formula is C29H32IO8S-.